The molecule has 0 radical (unpaired) electrons. The number of furan rings is 1. The van der Waals surface area contributed by atoms with Crippen molar-refractivity contribution in [2.24, 2.45) is 0 Å². The highest BCUT2D eigenvalue weighted by atomic mass is 35.5. The summed E-state index contributed by atoms with van der Waals surface area (Å²) >= 11 is 11.8. The lowest BCUT2D eigenvalue weighted by molar-refractivity contribution is 0.0784. The standard InChI is InChI=1S/C13H11Cl2NO2/c1-16(8-9-4-2-3-5-11(9)14)13(17)10-6-7-18-12(10)15/h2-7H,8H2,1H3. The number of hydrogen-bond acceptors (Lipinski definition) is 2. The van der Waals surface area contributed by atoms with Gasteiger partial charge in [0, 0.05) is 18.6 Å². The van der Waals surface area contributed by atoms with Gasteiger partial charge in [-0.25, -0.2) is 0 Å². The molecule has 2 rings (SSSR count). The van der Waals surface area contributed by atoms with Crippen LogP contribution in [-0.4, -0.2) is 17.9 Å². The molecule has 0 aliphatic rings. The summed E-state index contributed by atoms with van der Waals surface area (Å²) in [5.41, 5.74) is 1.24. The molecule has 1 aromatic carbocycles. The molecule has 0 aliphatic heterocycles. The molecule has 0 saturated carbocycles. The molecule has 0 aliphatic carbocycles. The van der Waals surface area contributed by atoms with E-state index in [-0.39, 0.29) is 11.1 Å². The molecular weight excluding hydrogens is 273 g/mol. The Morgan fingerprint density at radius 3 is 2.61 bits per heavy atom. The van der Waals surface area contributed by atoms with Crippen LogP contribution in [0.4, 0.5) is 0 Å². The van der Waals surface area contributed by atoms with Crippen LogP contribution in [0.15, 0.2) is 41.0 Å². The predicted octanol–water partition coefficient (Wildman–Crippen LogP) is 3.86. The molecule has 18 heavy (non-hydrogen) atoms. The van der Waals surface area contributed by atoms with E-state index in [1.807, 2.05) is 18.2 Å². The van der Waals surface area contributed by atoms with Gasteiger partial charge in [-0.15, -0.1) is 0 Å². The number of hydrogen-bond donors (Lipinski definition) is 0. The fourth-order valence-corrected chi connectivity index (χ4v) is 2.00. The monoisotopic (exact) mass is 283 g/mol. The number of halogens is 2. The summed E-state index contributed by atoms with van der Waals surface area (Å²) in [5.74, 6) is -0.200. The van der Waals surface area contributed by atoms with Gasteiger partial charge in [-0.1, -0.05) is 29.8 Å². The van der Waals surface area contributed by atoms with Gasteiger partial charge in [-0.05, 0) is 29.3 Å². The third-order valence-corrected chi connectivity index (χ3v) is 3.22. The number of carbonyl (C=O) groups excluding carboxylic acids is 1. The van der Waals surface area contributed by atoms with Crippen LogP contribution in [0.2, 0.25) is 10.2 Å². The van der Waals surface area contributed by atoms with Gasteiger partial charge in [0.15, 0.2) is 0 Å². The summed E-state index contributed by atoms with van der Waals surface area (Å²) in [5, 5.41) is 0.737. The number of carbonyl (C=O) groups is 1. The molecular formula is C13H11Cl2NO2. The van der Waals surface area contributed by atoms with Gasteiger partial charge < -0.3 is 9.32 Å². The van der Waals surface area contributed by atoms with Gasteiger partial charge >= 0.3 is 0 Å². The Hall–Kier alpha value is -1.45. The Bertz CT molecular complexity index is 566. The van der Waals surface area contributed by atoms with Crippen LogP contribution in [-0.2, 0) is 6.54 Å². The van der Waals surface area contributed by atoms with Crippen molar-refractivity contribution in [1.82, 2.24) is 4.90 Å². The second-order valence-corrected chi connectivity index (χ2v) is 4.61. The van der Waals surface area contributed by atoms with E-state index in [9.17, 15) is 4.79 Å². The minimum absolute atomic E-state index is 0.103. The molecule has 2 aromatic rings. The highest BCUT2D eigenvalue weighted by Gasteiger charge is 2.18. The third kappa shape index (κ3) is 2.68. The first-order valence-electron chi connectivity index (χ1n) is 5.31. The molecule has 0 saturated heterocycles. The SMILES string of the molecule is CN(Cc1ccccc1Cl)C(=O)c1ccoc1Cl. The maximum Gasteiger partial charge on any atom is 0.258 e. The van der Waals surface area contributed by atoms with Gasteiger partial charge in [0.25, 0.3) is 5.91 Å². The summed E-state index contributed by atoms with van der Waals surface area (Å²) in [7, 11) is 1.69. The molecule has 1 heterocycles. The number of nitrogens with zero attached hydrogens (tertiary/aromatic N) is 1. The van der Waals surface area contributed by atoms with E-state index in [2.05, 4.69) is 0 Å². The lowest BCUT2D eigenvalue weighted by Crippen LogP contribution is -2.26. The molecule has 0 unspecified atom stereocenters. The van der Waals surface area contributed by atoms with Crippen molar-refractivity contribution in [1.29, 1.82) is 0 Å². The molecule has 0 atom stereocenters. The average molecular weight is 284 g/mol. The van der Waals surface area contributed by atoms with E-state index in [0.29, 0.717) is 17.1 Å². The average Bonchev–Trinajstić information content (AvgIpc) is 2.77. The van der Waals surface area contributed by atoms with E-state index in [4.69, 9.17) is 27.6 Å². The summed E-state index contributed by atoms with van der Waals surface area (Å²) in [6.07, 6.45) is 1.39. The minimum Gasteiger partial charge on any atom is -0.452 e. The fourth-order valence-electron chi connectivity index (χ4n) is 1.61. The maximum atomic E-state index is 12.1. The van der Waals surface area contributed by atoms with Crippen LogP contribution < -0.4 is 0 Å². The largest absolute Gasteiger partial charge is 0.452 e. The van der Waals surface area contributed by atoms with E-state index in [0.717, 1.165) is 5.56 Å². The zero-order chi connectivity index (χ0) is 13.1. The first-order valence-corrected chi connectivity index (χ1v) is 6.07. The zero-order valence-corrected chi connectivity index (χ0v) is 11.2. The van der Waals surface area contributed by atoms with Crippen molar-refractivity contribution in [2.45, 2.75) is 6.54 Å². The molecule has 5 heteroatoms. The smallest absolute Gasteiger partial charge is 0.258 e. The predicted molar refractivity (Wildman–Crippen MR) is 71.0 cm³/mol. The third-order valence-electron chi connectivity index (χ3n) is 2.56. The van der Waals surface area contributed by atoms with Gasteiger partial charge in [-0.2, -0.15) is 0 Å². The Kier molecular flexibility index (Phi) is 3.94. The topological polar surface area (TPSA) is 33.5 Å². The second kappa shape index (κ2) is 5.46. The normalized spacial score (nSPS) is 10.4. The van der Waals surface area contributed by atoms with Gasteiger partial charge in [0.1, 0.15) is 0 Å². The van der Waals surface area contributed by atoms with Crippen LogP contribution in [0.5, 0.6) is 0 Å². The van der Waals surface area contributed by atoms with E-state index in [1.165, 1.54) is 11.2 Å². The summed E-state index contributed by atoms with van der Waals surface area (Å²) in [6.45, 7) is 0.417. The first-order chi connectivity index (χ1) is 8.59. The van der Waals surface area contributed by atoms with Crippen molar-refractivity contribution in [3.8, 4) is 0 Å². The molecule has 0 bridgehead atoms. The summed E-state index contributed by atoms with van der Waals surface area (Å²) in [6, 6.07) is 8.95. The highest BCUT2D eigenvalue weighted by Crippen LogP contribution is 2.21. The second-order valence-electron chi connectivity index (χ2n) is 3.86. The first kappa shape index (κ1) is 13.0. The van der Waals surface area contributed by atoms with E-state index in [1.54, 1.807) is 19.2 Å². The van der Waals surface area contributed by atoms with Crippen molar-refractivity contribution in [3.05, 3.63) is 58.0 Å². The number of benzene rings is 1. The van der Waals surface area contributed by atoms with Crippen molar-refractivity contribution >= 4 is 29.1 Å². The highest BCUT2D eigenvalue weighted by molar-refractivity contribution is 6.32. The van der Waals surface area contributed by atoms with Crippen molar-refractivity contribution in [2.75, 3.05) is 7.05 Å². The molecule has 0 fully saturated rings. The summed E-state index contributed by atoms with van der Waals surface area (Å²) in [4.78, 5) is 13.6. The minimum atomic E-state index is -0.200. The molecule has 3 nitrogen and oxygen atoms in total. The lowest BCUT2D eigenvalue weighted by Gasteiger charge is -2.17. The van der Waals surface area contributed by atoms with Crippen LogP contribution >= 0.6 is 23.2 Å². The Labute approximate surface area is 115 Å². The van der Waals surface area contributed by atoms with Gasteiger partial charge in [0.05, 0.1) is 11.8 Å². The van der Waals surface area contributed by atoms with Gasteiger partial charge in [0.2, 0.25) is 5.22 Å². The van der Waals surface area contributed by atoms with Crippen molar-refractivity contribution in [3.63, 3.8) is 0 Å². The maximum absolute atomic E-state index is 12.1. The van der Waals surface area contributed by atoms with Crippen LogP contribution in [0, 0.1) is 0 Å². The molecule has 1 amide bonds. The number of amides is 1. The number of rotatable bonds is 3. The van der Waals surface area contributed by atoms with Crippen LogP contribution in [0.3, 0.4) is 0 Å². The Morgan fingerprint density at radius 2 is 2.00 bits per heavy atom. The van der Waals surface area contributed by atoms with E-state index >= 15 is 0 Å². The van der Waals surface area contributed by atoms with Crippen LogP contribution in [0.1, 0.15) is 15.9 Å². The Morgan fingerprint density at radius 1 is 1.28 bits per heavy atom. The quantitative estimate of drug-likeness (QED) is 0.857. The lowest BCUT2D eigenvalue weighted by atomic mass is 10.2. The molecule has 1 aromatic heterocycles. The van der Waals surface area contributed by atoms with E-state index < -0.39 is 0 Å². The van der Waals surface area contributed by atoms with Crippen LogP contribution in [0.25, 0.3) is 0 Å². The molecule has 94 valence electrons. The summed E-state index contributed by atoms with van der Waals surface area (Å²) < 4.78 is 4.90. The van der Waals surface area contributed by atoms with Gasteiger partial charge in [-0.3, -0.25) is 4.79 Å². The van der Waals surface area contributed by atoms with Crippen molar-refractivity contribution < 1.29 is 9.21 Å². The zero-order valence-electron chi connectivity index (χ0n) is 9.69. The fraction of sp³-hybridized carbons (Fsp3) is 0.154. The molecule has 0 spiro atoms. The molecule has 0 N–H and O–H groups in total. The Balaban J connectivity index is 2.14.